The van der Waals surface area contributed by atoms with Crippen LogP contribution in [0, 0.1) is 0 Å². The zero-order valence-corrected chi connectivity index (χ0v) is 13.7. The van der Waals surface area contributed by atoms with Gasteiger partial charge in [0.05, 0.1) is 5.02 Å². The van der Waals surface area contributed by atoms with Gasteiger partial charge in [0.1, 0.15) is 5.75 Å². The minimum Gasteiger partial charge on any atom is -0.479 e. The summed E-state index contributed by atoms with van der Waals surface area (Å²) in [5.41, 5.74) is 0. The fourth-order valence-electron chi connectivity index (χ4n) is 1.68. The van der Waals surface area contributed by atoms with Crippen LogP contribution in [-0.4, -0.2) is 18.1 Å². The van der Waals surface area contributed by atoms with Crippen molar-refractivity contribution in [2.24, 2.45) is 0 Å². The van der Waals surface area contributed by atoms with E-state index in [1.165, 1.54) is 0 Å². The van der Waals surface area contributed by atoms with Crippen molar-refractivity contribution in [2.75, 3.05) is 0 Å². The summed E-state index contributed by atoms with van der Waals surface area (Å²) >= 11 is 9.37. The van der Waals surface area contributed by atoms with Crippen molar-refractivity contribution in [1.82, 2.24) is 5.32 Å². The lowest BCUT2D eigenvalue weighted by atomic mass is 10.2. The first kappa shape index (κ1) is 16.3. The number of carbonyl (C=O) groups is 1. The number of rotatable bonds is 6. The molecule has 0 spiro atoms. The van der Waals surface area contributed by atoms with Gasteiger partial charge in [-0.3, -0.25) is 4.79 Å². The zero-order valence-electron chi connectivity index (χ0n) is 11.4. The molecule has 106 valence electrons. The monoisotopic (exact) mass is 347 g/mol. The highest BCUT2D eigenvalue weighted by molar-refractivity contribution is 9.10. The standard InChI is InChI=1S/C14H19BrClNO2/c1-4-5-9(2)17-14(18)10(3)19-13-8-11(15)6-7-12(13)16/h6-10H,4-5H2,1-3H3,(H,17,18). The number of halogens is 2. The molecule has 1 rings (SSSR count). The Labute approximate surface area is 127 Å². The van der Waals surface area contributed by atoms with E-state index in [0.29, 0.717) is 10.8 Å². The number of nitrogens with one attached hydrogen (secondary N) is 1. The van der Waals surface area contributed by atoms with E-state index in [2.05, 4.69) is 28.2 Å². The first-order valence-corrected chi connectivity index (χ1v) is 7.53. The van der Waals surface area contributed by atoms with Crippen LogP contribution in [0.1, 0.15) is 33.6 Å². The molecule has 5 heteroatoms. The number of ether oxygens (including phenoxy) is 1. The fraction of sp³-hybridized carbons (Fsp3) is 0.500. The molecule has 0 saturated carbocycles. The fourth-order valence-corrected chi connectivity index (χ4v) is 2.18. The van der Waals surface area contributed by atoms with E-state index in [4.69, 9.17) is 16.3 Å². The molecule has 1 aromatic carbocycles. The van der Waals surface area contributed by atoms with Gasteiger partial charge in [0.25, 0.3) is 5.91 Å². The van der Waals surface area contributed by atoms with E-state index < -0.39 is 6.10 Å². The van der Waals surface area contributed by atoms with Gasteiger partial charge in [0.15, 0.2) is 6.10 Å². The topological polar surface area (TPSA) is 38.3 Å². The molecular formula is C14H19BrClNO2. The quantitative estimate of drug-likeness (QED) is 0.837. The van der Waals surface area contributed by atoms with E-state index in [1.807, 2.05) is 13.0 Å². The second-order valence-corrected chi connectivity index (χ2v) is 5.86. The maximum Gasteiger partial charge on any atom is 0.260 e. The van der Waals surface area contributed by atoms with Crippen LogP contribution in [0.15, 0.2) is 22.7 Å². The van der Waals surface area contributed by atoms with Gasteiger partial charge < -0.3 is 10.1 Å². The Bertz CT molecular complexity index is 439. The molecule has 0 aliphatic heterocycles. The summed E-state index contributed by atoms with van der Waals surface area (Å²) in [4.78, 5) is 11.9. The summed E-state index contributed by atoms with van der Waals surface area (Å²) in [6, 6.07) is 5.46. The summed E-state index contributed by atoms with van der Waals surface area (Å²) in [6.45, 7) is 5.79. The molecule has 19 heavy (non-hydrogen) atoms. The van der Waals surface area contributed by atoms with Gasteiger partial charge >= 0.3 is 0 Å². The Balaban J connectivity index is 2.61. The molecule has 0 aliphatic rings. The minimum atomic E-state index is -0.578. The van der Waals surface area contributed by atoms with Gasteiger partial charge in [-0.1, -0.05) is 40.9 Å². The second-order valence-electron chi connectivity index (χ2n) is 4.53. The molecule has 0 bridgehead atoms. The summed E-state index contributed by atoms with van der Waals surface area (Å²) in [7, 11) is 0. The lowest BCUT2D eigenvalue weighted by Crippen LogP contribution is -2.41. The zero-order chi connectivity index (χ0) is 14.4. The summed E-state index contributed by atoms with van der Waals surface area (Å²) in [5.74, 6) is 0.374. The van der Waals surface area contributed by atoms with Gasteiger partial charge in [0.2, 0.25) is 0 Å². The Kier molecular flexibility index (Phi) is 6.66. The number of benzene rings is 1. The van der Waals surface area contributed by atoms with E-state index in [1.54, 1.807) is 19.1 Å². The molecule has 1 N–H and O–H groups in total. The lowest BCUT2D eigenvalue weighted by molar-refractivity contribution is -0.127. The van der Waals surface area contributed by atoms with Gasteiger partial charge in [-0.25, -0.2) is 0 Å². The van der Waals surface area contributed by atoms with Crippen LogP contribution < -0.4 is 10.1 Å². The maximum absolute atomic E-state index is 11.9. The molecule has 0 heterocycles. The van der Waals surface area contributed by atoms with Gasteiger partial charge in [-0.2, -0.15) is 0 Å². The van der Waals surface area contributed by atoms with Crippen molar-refractivity contribution in [3.05, 3.63) is 27.7 Å². The molecule has 1 aromatic rings. The van der Waals surface area contributed by atoms with Gasteiger partial charge in [0, 0.05) is 10.5 Å². The second kappa shape index (κ2) is 7.75. The highest BCUT2D eigenvalue weighted by Crippen LogP contribution is 2.28. The average molecular weight is 349 g/mol. The predicted molar refractivity (Wildman–Crippen MR) is 81.8 cm³/mol. The normalized spacial score (nSPS) is 13.7. The van der Waals surface area contributed by atoms with Gasteiger partial charge in [-0.05, 0) is 38.5 Å². The first-order valence-electron chi connectivity index (χ1n) is 6.36. The van der Waals surface area contributed by atoms with Crippen molar-refractivity contribution in [3.8, 4) is 5.75 Å². The maximum atomic E-state index is 11.9. The molecule has 1 amide bonds. The van der Waals surface area contributed by atoms with E-state index in [-0.39, 0.29) is 11.9 Å². The van der Waals surface area contributed by atoms with E-state index in [0.717, 1.165) is 17.3 Å². The molecule has 0 fully saturated rings. The third-order valence-corrected chi connectivity index (χ3v) is 3.48. The van der Waals surface area contributed by atoms with Crippen molar-refractivity contribution >= 4 is 33.4 Å². The first-order chi connectivity index (χ1) is 8.93. The molecule has 2 unspecified atom stereocenters. The highest BCUT2D eigenvalue weighted by Gasteiger charge is 2.17. The molecule has 3 nitrogen and oxygen atoms in total. The third-order valence-electron chi connectivity index (χ3n) is 2.68. The third kappa shape index (κ3) is 5.41. The Morgan fingerprint density at radius 3 is 2.79 bits per heavy atom. The summed E-state index contributed by atoms with van der Waals surface area (Å²) < 4.78 is 6.45. The van der Waals surface area contributed by atoms with Gasteiger partial charge in [-0.15, -0.1) is 0 Å². The van der Waals surface area contributed by atoms with Crippen LogP contribution in [0.25, 0.3) is 0 Å². The van der Waals surface area contributed by atoms with E-state index in [9.17, 15) is 4.79 Å². The van der Waals surface area contributed by atoms with Crippen LogP contribution in [-0.2, 0) is 4.79 Å². The summed E-state index contributed by atoms with van der Waals surface area (Å²) in [6.07, 6.45) is 1.41. The number of carbonyl (C=O) groups excluding carboxylic acids is 1. The lowest BCUT2D eigenvalue weighted by Gasteiger charge is -2.19. The van der Waals surface area contributed by atoms with Crippen molar-refractivity contribution in [2.45, 2.75) is 45.8 Å². The number of amides is 1. The molecule has 0 radical (unpaired) electrons. The predicted octanol–water partition coefficient (Wildman–Crippen LogP) is 4.17. The van der Waals surface area contributed by atoms with Crippen LogP contribution >= 0.6 is 27.5 Å². The van der Waals surface area contributed by atoms with Crippen LogP contribution in [0.2, 0.25) is 5.02 Å². The largest absolute Gasteiger partial charge is 0.479 e. The van der Waals surface area contributed by atoms with Crippen LogP contribution in [0.4, 0.5) is 0 Å². The van der Waals surface area contributed by atoms with Crippen molar-refractivity contribution in [3.63, 3.8) is 0 Å². The number of hydrogen-bond donors (Lipinski definition) is 1. The highest BCUT2D eigenvalue weighted by atomic mass is 79.9. The molecular weight excluding hydrogens is 330 g/mol. The molecule has 0 aliphatic carbocycles. The number of hydrogen-bond acceptors (Lipinski definition) is 2. The Morgan fingerprint density at radius 2 is 2.16 bits per heavy atom. The SMILES string of the molecule is CCCC(C)NC(=O)C(C)Oc1cc(Br)ccc1Cl. The Morgan fingerprint density at radius 1 is 1.47 bits per heavy atom. The summed E-state index contributed by atoms with van der Waals surface area (Å²) in [5, 5.41) is 3.41. The Hall–Kier alpha value is -0.740. The van der Waals surface area contributed by atoms with Crippen LogP contribution in [0.3, 0.4) is 0 Å². The van der Waals surface area contributed by atoms with Crippen molar-refractivity contribution in [1.29, 1.82) is 0 Å². The average Bonchev–Trinajstić information content (AvgIpc) is 2.34. The smallest absolute Gasteiger partial charge is 0.260 e. The molecule has 0 aromatic heterocycles. The molecule has 2 atom stereocenters. The van der Waals surface area contributed by atoms with Crippen molar-refractivity contribution < 1.29 is 9.53 Å². The minimum absolute atomic E-state index is 0.128. The van der Waals surface area contributed by atoms with E-state index >= 15 is 0 Å². The molecule has 0 saturated heterocycles. The van der Waals surface area contributed by atoms with Crippen LogP contribution in [0.5, 0.6) is 5.75 Å².